The lowest BCUT2D eigenvalue weighted by molar-refractivity contribution is 0.212. The van der Waals surface area contributed by atoms with Crippen molar-refractivity contribution in [3.8, 4) is 0 Å². The Bertz CT molecular complexity index is 599. The highest BCUT2D eigenvalue weighted by Gasteiger charge is 2.20. The average Bonchev–Trinajstić information content (AvgIpc) is 2.44. The first-order valence-electron chi connectivity index (χ1n) is 6.11. The van der Waals surface area contributed by atoms with E-state index >= 15 is 0 Å². The molecule has 2 nitrogen and oxygen atoms in total. The summed E-state index contributed by atoms with van der Waals surface area (Å²) in [6.45, 7) is 3.40. The fraction of sp³-hybridized carbons (Fsp3) is 0.267. The zero-order valence-corrected chi connectivity index (χ0v) is 10.8. The Labute approximate surface area is 110 Å². The average molecular weight is 263 g/mol. The second-order valence-corrected chi connectivity index (χ2v) is 4.43. The van der Waals surface area contributed by atoms with Gasteiger partial charge >= 0.3 is 0 Å². The maximum absolute atomic E-state index is 13.9. The Morgan fingerprint density at radius 1 is 1.16 bits per heavy atom. The summed E-state index contributed by atoms with van der Waals surface area (Å²) in [6, 6.07) is 4.50. The van der Waals surface area contributed by atoms with Crippen LogP contribution in [0.1, 0.15) is 35.3 Å². The van der Waals surface area contributed by atoms with Gasteiger partial charge in [0, 0.05) is 18.0 Å². The molecule has 1 N–H and O–H groups in total. The van der Waals surface area contributed by atoms with Crippen molar-refractivity contribution in [1.82, 2.24) is 4.98 Å². The number of hydrogen-bond donors (Lipinski definition) is 1. The zero-order chi connectivity index (χ0) is 14.0. The largest absolute Gasteiger partial charge is 0.384 e. The quantitative estimate of drug-likeness (QED) is 0.921. The van der Waals surface area contributed by atoms with E-state index in [9.17, 15) is 13.9 Å². The summed E-state index contributed by atoms with van der Waals surface area (Å²) in [5.74, 6) is -1.91. The maximum Gasteiger partial charge on any atom is 0.165 e. The number of benzene rings is 1. The van der Waals surface area contributed by atoms with E-state index in [1.807, 2.05) is 6.92 Å². The molecule has 1 unspecified atom stereocenters. The number of aromatic nitrogens is 1. The number of pyridine rings is 1. The molecule has 0 spiro atoms. The van der Waals surface area contributed by atoms with Crippen LogP contribution >= 0.6 is 0 Å². The van der Waals surface area contributed by atoms with E-state index in [1.165, 1.54) is 25.3 Å². The molecule has 0 saturated carbocycles. The molecule has 0 radical (unpaired) electrons. The molecule has 0 aliphatic rings. The van der Waals surface area contributed by atoms with Crippen molar-refractivity contribution in [1.29, 1.82) is 0 Å². The second-order valence-electron chi connectivity index (χ2n) is 4.43. The molecule has 0 fully saturated rings. The summed E-state index contributed by atoms with van der Waals surface area (Å²) < 4.78 is 27.4. The smallest absolute Gasteiger partial charge is 0.165 e. The SMILES string of the molecule is CCc1cnccc1C(O)c1ccc(C)c(F)c1F. The summed E-state index contributed by atoms with van der Waals surface area (Å²) >= 11 is 0. The maximum atomic E-state index is 13.9. The minimum Gasteiger partial charge on any atom is -0.384 e. The second kappa shape index (κ2) is 5.45. The van der Waals surface area contributed by atoms with Crippen LogP contribution in [0.2, 0.25) is 0 Å². The van der Waals surface area contributed by atoms with Gasteiger partial charge in [0.1, 0.15) is 6.10 Å². The Morgan fingerprint density at radius 3 is 2.58 bits per heavy atom. The first-order valence-corrected chi connectivity index (χ1v) is 6.11. The van der Waals surface area contributed by atoms with Crippen molar-refractivity contribution >= 4 is 0 Å². The van der Waals surface area contributed by atoms with Gasteiger partial charge in [-0.15, -0.1) is 0 Å². The van der Waals surface area contributed by atoms with Gasteiger partial charge in [-0.2, -0.15) is 0 Å². The van der Waals surface area contributed by atoms with Crippen molar-refractivity contribution in [2.75, 3.05) is 0 Å². The molecule has 0 aliphatic carbocycles. The molecule has 0 saturated heterocycles. The van der Waals surface area contributed by atoms with Crippen molar-refractivity contribution in [3.05, 3.63) is 64.5 Å². The molecule has 2 rings (SSSR count). The van der Waals surface area contributed by atoms with Crippen LogP contribution in [0, 0.1) is 18.6 Å². The van der Waals surface area contributed by atoms with Crippen LogP contribution in [0.15, 0.2) is 30.6 Å². The van der Waals surface area contributed by atoms with Gasteiger partial charge in [-0.25, -0.2) is 8.78 Å². The molecule has 0 amide bonds. The third-order valence-electron chi connectivity index (χ3n) is 3.22. The number of aliphatic hydroxyl groups is 1. The van der Waals surface area contributed by atoms with Gasteiger partial charge in [-0.3, -0.25) is 4.98 Å². The molecule has 0 bridgehead atoms. The summed E-state index contributed by atoms with van der Waals surface area (Å²) in [6.07, 6.45) is 2.63. The van der Waals surface area contributed by atoms with Crippen LogP contribution in [0.3, 0.4) is 0 Å². The highest BCUT2D eigenvalue weighted by Crippen LogP contribution is 2.28. The van der Waals surface area contributed by atoms with Gasteiger partial charge in [0.15, 0.2) is 11.6 Å². The van der Waals surface area contributed by atoms with Crippen molar-refractivity contribution < 1.29 is 13.9 Å². The standard InChI is InChI=1S/C15H15F2NO/c1-3-10-8-18-7-6-11(10)15(19)12-5-4-9(2)13(16)14(12)17/h4-8,15,19H,3H2,1-2H3. The molecule has 1 aromatic carbocycles. The van der Waals surface area contributed by atoms with Gasteiger partial charge < -0.3 is 5.11 Å². The number of hydrogen-bond acceptors (Lipinski definition) is 2. The van der Waals surface area contributed by atoms with E-state index in [1.54, 1.807) is 12.3 Å². The van der Waals surface area contributed by atoms with E-state index in [0.717, 1.165) is 5.56 Å². The summed E-state index contributed by atoms with van der Waals surface area (Å²) in [5, 5.41) is 10.3. The van der Waals surface area contributed by atoms with E-state index in [4.69, 9.17) is 0 Å². The Hall–Kier alpha value is -1.81. The van der Waals surface area contributed by atoms with Crippen LogP contribution in [-0.4, -0.2) is 10.1 Å². The van der Waals surface area contributed by atoms with Crippen molar-refractivity contribution in [2.45, 2.75) is 26.4 Å². The molecule has 100 valence electrons. The fourth-order valence-electron chi connectivity index (χ4n) is 2.04. The first-order chi connectivity index (χ1) is 9.06. The van der Waals surface area contributed by atoms with Crippen LogP contribution in [0.4, 0.5) is 8.78 Å². The van der Waals surface area contributed by atoms with E-state index < -0.39 is 17.7 Å². The van der Waals surface area contributed by atoms with Crippen LogP contribution in [0.5, 0.6) is 0 Å². The van der Waals surface area contributed by atoms with Crippen LogP contribution in [0.25, 0.3) is 0 Å². The minimum absolute atomic E-state index is 0.0519. The summed E-state index contributed by atoms with van der Waals surface area (Å²) in [7, 11) is 0. The molecule has 19 heavy (non-hydrogen) atoms. The van der Waals surface area contributed by atoms with E-state index in [-0.39, 0.29) is 11.1 Å². The predicted octanol–water partition coefficient (Wildman–Crippen LogP) is 3.31. The molecular weight excluding hydrogens is 248 g/mol. The van der Waals surface area contributed by atoms with E-state index in [2.05, 4.69) is 4.98 Å². The van der Waals surface area contributed by atoms with Gasteiger partial charge in [-0.05, 0) is 36.1 Å². The monoisotopic (exact) mass is 263 g/mol. The van der Waals surface area contributed by atoms with Gasteiger partial charge in [-0.1, -0.05) is 19.1 Å². The normalized spacial score (nSPS) is 12.5. The fourth-order valence-corrected chi connectivity index (χ4v) is 2.04. The van der Waals surface area contributed by atoms with Gasteiger partial charge in [0.25, 0.3) is 0 Å². The topological polar surface area (TPSA) is 33.1 Å². The number of aryl methyl sites for hydroxylation is 2. The number of aliphatic hydroxyl groups excluding tert-OH is 1. The lowest BCUT2D eigenvalue weighted by Gasteiger charge is -2.16. The lowest BCUT2D eigenvalue weighted by atomic mass is 9.96. The van der Waals surface area contributed by atoms with Crippen LogP contribution in [-0.2, 0) is 6.42 Å². The minimum atomic E-state index is -1.19. The molecule has 1 heterocycles. The molecule has 0 aliphatic heterocycles. The van der Waals surface area contributed by atoms with Gasteiger partial charge in [0.2, 0.25) is 0 Å². The van der Waals surface area contributed by atoms with E-state index in [0.29, 0.717) is 12.0 Å². The molecule has 4 heteroatoms. The lowest BCUT2D eigenvalue weighted by Crippen LogP contribution is -2.08. The highest BCUT2D eigenvalue weighted by molar-refractivity contribution is 5.36. The van der Waals surface area contributed by atoms with Gasteiger partial charge in [0.05, 0.1) is 0 Å². The summed E-state index contributed by atoms with van der Waals surface area (Å²) in [5.41, 5.74) is 1.54. The van der Waals surface area contributed by atoms with Crippen LogP contribution < -0.4 is 0 Å². The third kappa shape index (κ3) is 2.49. The zero-order valence-electron chi connectivity index (χ0n) is 10.8. The molecule has 1 aromatic heterocycles. The Balaban J connectivity index is 2.50. The number of halogens is 2. The predicted molar refractivity (Wildman–Crippen MR) is 68.8 cm³/mol. The number of rotatable bonds is 3. The van der Waals surface area contributed by atoms with Crippen molar-refractivity contribution in [3.63, 3.8) is 0 Å². The Morgan fingerprint density at radius 2 is 1.89 bits per heavy atom. The highest BCUT2D eigenvalue weighted by atomic mass is 19.2. The molecule has 1 atom stereocenters. The third-order valence-corrected chi connectivity index (χ3v) is 3.22. The Kier molecular flexibility index (Phi) is 3.90. The number of nitrogens with zero attached hydrogens (tertiary/aromatic N) is 1. The van der Waals surface area contributed by atoms with Crippen molar-refractivity contribution in [2.24, 2.45) is 0 Å². The first kappa shape index (κ1) is 13.6. The molecule has 2 aromatic rings. The molecular formula is C15H15F2NO. The summed E-state index contributed by atoms with van der Waals surface area (Å²) in [4.78, 5) is 3.97.